The van der Waals surface area contributed by atoms with Crippen LogP contribution in [-0.4, -0.2) is 35.5 Å². The van der Waals surface area contributed by atoms with Gasteiger partial charge in [0.1, 0.15) is 6.04 Å². The lowest BCUT2D eigenvalue weighted by Crippen LogP contribution is -2.49. The second-order valence-electron chi connectivity index (χ2n) is 6.21. The Morgan fingerprint density at radius 1 is 1.04 bits per heavy atom. The van der Waals surface area contributed by atoms with Crippen molar-refractivity contribution in [3.05, 3.63) is 70.7 Å². The van der Waals surface area contributed by atoms with E-state index in [9.17, 15) is 14.4 Å². The average molecular weight is 389 g/mol. The van der Waals surface area contributed by atoms with Crippen molar-refractivity contribution in [2.75, 3.05) is 6.54 Å². The normalized spacial score (nSPS) is 12.7. The van der Waals surface area contributed by atoms with Crippen LogP contribution in [-0.2, 0) is 16.0 Å². The molecule has 3 N–H and O–H groups in total. The molecule has 0 saturated carbocycles. The van der Waals surface area contributed by atoms with Crippen LogP contribution >= 0.6 is 11.6 Å². The predicted molar refractivity (Wildman–Crippen MR) is 103 cm³/mol. The van der Waals surface area contributed by atoms with E-state index in [0.717, 1.165) is 5.56 Å². The van der Waals surface area contributed by atoms with Gasteiger partial charge in [0.15, 0.2) is 0 Å². The average Bonchev–Trinajstić information content (AvgIpc) is 2.66. The van der Waals surface area contributed by atoms with Gasteiger partial charge in [0.25, 0.3) is 5.91 Å². The summed E-state index contributed by atoms with van der Waals surface area (Å²) in [7, 11) is 0. The van der Waals surface area contributed by atoms with Gasteiger partial charge in [-0.2, -0.15) is 0 Å². The summed E-state index contributed by atoms with van der Waals surface area (Å²) < 4.78 is 0. The number of hydrogen-bond acceptors (Lipinski definition) is 3. The first kappa shape index (κ1) is 20.5. The predicted octanol–water partition coefficient (Wildman–Crippen LogP) is 2.52. The van der Waals surface area contributed by atoms with Gasteiger partial charge in [-0.05, 0) is 29.8 Å². The molecule has 0 saturated heterocycles. The summed E-state index contributed by atoms with van der Waals surface area (Å²) in [5.74, 6) is -2.57. The molecule has 0 aliphatic rings. The first-order valence-electron chi connectivity index (χ1n) is 8.47. The molecule has 0 spiro atoms. The quantitative estimate of drug-likeness (QED) is 0.647. The molecule has 2 aromatic rings. The Labute approximate surface area is 162 Å². The third-order valence-electron chi connectivity index (χ3n) is 4.01. The number of carbonyl (C=O) groups is 3. The molecule has 0 radical (unpaired) electrons. The van der Waals surface area contributed by atoms with Gasteiger partial charge in [-0.15, -0.1) is 0 Å². The molecule has 0 aliphatic heterocycles. The summed E-state index contributed by atoms with van der Waals surface area (Å²) in [4.78, 5) is 36.0. The number of benzene rings is 2. The van der Waals surface area contributed by atoms with Gasteiger partial charge < -0.3 is 15.7 Å². The number of rotatable bonds is 8. The van der Waals surface area contributed by atoms with Crippen LogP contribution in [0.25, 0.3) is 0 Å². The van der Waals surface area contributed by atoms with E-state index in [2.05, 4.69) is 10.6 Å². The Bertz CT molecular complexity index is 793. The van der Waals surface area contributed by atoms with Gasteiger partial charge in [0, 0.05) is 23.6 Å². The van der Waals surface area contributed by atoms with E-state index in [4.69, 9.17) is 16.7 Å². The number of nitrogens with one attached hydrogen (secondary N) is 2. The minimum atomic E-state index is -1.000. The zero-order valence-electron chi connectivity index (χ0n) is 14.8. The highest BCUT2D eigenvalue weighted by Gasteiger charge is 2.23. The topological polar surface area (TPSA) is 95.5 Å². The van der Waals surface area contributed by atoms with Gasteiger partial charge in [0.2, 0.25) is 5.91 Å². The van der Waals surface area contributed by atoms with Crippen LogP contribution in [0.3, 0.4) is 0 Å². The molecule has 6 nitrogen and oxygen atoms in total. The van der Waals surface area contributed by atoms with Crippen molar-refractivity contribution in [3.63, 3.8) is 0 Å². The van der Waals surface area contributed by atoms with Gasteiger partial charge in [-0.25, -0.2) is 0 Å². The number of carboxylic acid groups (broad SMARTS) is 1. The Balaban J connectivity index is 2.10. The van der Waals surface area contributed by atoms with E-state index in [1.54, 1.807) is 24.3 Å². The number of halogens is 1. The van der Waals surface area contributed by atoms with E-state index < -0.39 is 29.7 Å². The second kappa shape index (κ2) is 9.73. The van der Waals surface area contributed by atoms with Gasteiger partial charge in [0.05, 0.1) is 5.92 Å². The molecule has 0 bridgehead atoms. The monoisotopic (exact) mass is 388 g/mol. The molecular weight excluding hydrogens is 368 g/mol. The van der Waals surface area contributed by atoms with E-state index in [0.29, 0.717) is 10.6 Å². The standard InChI is InChI=1S/C20H21ClN2O4/c1-13(20(26)27)12-22-19(25)17(11-14-5-3-2-4-6-14)23-18(24)15-7-9-16(21)10-8-15/h2-10,13,17H,11-12H2,1H3,(H,22,25)(H,23,24)(H,26,27). The Hall–Kier alpha value is -2.86. The Morgan fingerprint density at radius 2 is 1.67 bits per heavy atom. The van der Waals surface area contributed by atoms with Crippen molar-refractivity contribution in [1.29, 1.82) is 0 Å². The number of aliphatic carboxylic acids is 1. The number of hydrogen-bond donors (Lipinski definition) is 3. The first-order chi connectivity index (χ1) is 12.9. The molecular formula is C20H21ClN2O4. The van der Waals surface area contributed by atoms with Crippen molar-refractivity contribution in [2.24, 2.45) is 5.92 Å². The van der Waals surface area contributed by atoms with Crippen molar-refractivity contribution < 1.29 is 19.5 Å². The molecule has 142 valence electrons. The van der Waals surface area contributed by atoms with Crippen LogP contribution in [0.1, 0.15) is 22.8 Å². The lowest BCUT2D eigenvalue weighted by atomic mass is 10.0. The maximum atomic E-state index is 12.6. The van der Waals surface area contributed by atoms with Crippen LogP contribution in [0.2, 0.25) is 5.02 Å². The number of amides is 2. The van der Waals surface area contributed by atoms with Crippen LogP contribution in [0, 0.1) is 5.92 Å². The molecule has 0 heterocycles. The maximum Gasteiger partial charge on any atom is 0.308 e. The number of carbonyl (C=O) groups excluding carboxylic acids is 2. The molecule has 0 fully saturated rings. The van der Waals surface area contributed by atoms with E-state index in [-0.39, 0.29) is 13.0 Å². The first-order valence-corrected chi connectivity index (χ1v) is 8.85. The van der Waals surface area contributed by atoms with E-state index in [1.807, 2.05) is 30.3 Å². The SMILES string of the molecule is CC(CNC(=O)C(Cc1ccccc1)NC(=O)c1ccc(Cl)cc1)C(=O)O. The summed E-state index contributed by atoms with van der Waals surface area (Å²) in [6, 6.07) is 14.8. The fraction of sp³-hybridized carbons (Fsp3) is 0.250. The molecule has 2 amide bonds. The zero-order valence-corrected chi connectivity index (χ0v) is 15.6. The summed E-state index contributed by atoms with van der Waals surface area (Å²) in [5, 5.41) is 14.8. The minimum absolute atomic E-state index is 0.0176. The molecule has 2 aromatic carbocycles. The highest BCUT2D eigenvalue weighted by Crippen LogP contribution is 2.10. The smallest absolute Gasteiger partial charge is 0.308 e. The molecule has 27 heavy (non-hydrogen) atoms. The van der Waals surface area contributed by atoms with Crippen molar-refractivity contribution in [2.45, 2.75) is 19.4 Å². The molecule has 2 rings (SSSR count). The van der Waals surface area contributed by atoms with E-state index >= 15 is 0 Å². The number of carboxylic acids is 1. The lowest BCUT2D eigenvalue weighted by molar-refractivity contribution is -0.141. The minimum Gasteiger partial charge on any atom is -0.481 e. The van der Waals surface area contributed by atoms with Gasteiger partial charge in [-0.3, -0.25) is 14.4 Å². The highest BCUT2D eigenvalue weighted by atomic mass is 35.5. The van der Waals surface area contributed by atoms with E-state index in [1.165, 1.54) is 6.92 Å². The molecule has 2 unspecified atom stereocenters. The van der Waals surface area contributed by atoms with Crippen molar-refractivity contribution in [1.82, 2.24) is 10.6 Å². The molecule has 2 atom stereocenters. The van der Waals surface area contributed by atoms with Crippen LogP contribution < -0.4 is 10.6 Å². The Morgan fingerprint density at radius 3 is 2.26 bits per heavy atom. The molecule has 0 aliphatic carbocycles. The molecule has 7 heteroatoms. The zero-order chi connectivity index (χ0) is 19.8. The van der Waals surface area contributed by atoms with Gasteiger partial charge in [-0.1, -0.05) is 48.9 Å². The summed E-state index contributed by atoms with van der Waals surface area (Å²) in [6.45, 7) is 1.48. The van der Waals surface area contributed by atoms with Crippen molar-refractivity contribution in [3.8, 4) is 0 Å². The van der Waals surface area contributed by atoms with Gasteiger partial charge >= 0.3 is 5.97 Å². The van der Waals surface area contributed by atoms with Crippen LogP contribution in [0.4, 0.5) is 0 Å². The molecule has 0 aromatic heterocycles. The van der Waals surface area contributed by atoms with Crippen LogP contribution in [0.15, 0.2) is 54.6 Å². The third-order valence-corrected chi connectivity index (χ3v) is 4.27. The lowest BCUT2D eigenvalue weighted by Gasteiger charge is -2.19. The fourth-order valence-electron chi connectivity index (χ4n) is 2.37. The summed E-state index contributed by atoms with van der Waals surface area (Å²) in [6.07, 6.45) is 0.285. The summed E-state index contributed by atoms with van der Waals surface area (Å²) in [5.41, 5.74) is 1.25. The Kier molecular flexibility index (Phi) is 7.37. The van der Waals surface area contributed by atoms with Crippen molar-refractivity contribution >= 4 is 29.4 Å². The second-order valence-corrected chi connectivity index (χ2v) is 6.64. The third kappa shape index (κ3) is 6.42. The van der Waals surface area contributed by atoms with Crippen LogP contribution in [0.5, 0.6) is 0 Å². The maximum absolute atomic E-state index is 12.6. The largest absolute Gasteiger partial charge is 0.481 e. The highest BCUT2D eigenvalue weighted by molar-refractivity contribution is 6.30. The summed E-state index contributed by atoms with van der Waals surface area (Å²) >= 11 is 5.83. The fourth-order valence-corrected chi connectivity index (χ4v) is 2.49.